The van der Waals surface area contributed by atoms with E-state index in [1.54, 1.807) is 0 Å². The van der Waals surface area contributed by atoms with Crippen LogP contribution in [0.4, 0.5) is 0 Å². The van der Waals surface area contributed by atoms with E-state index in [4.69, 9.17) is 4.74 Å². The van der Waals surface area contributed by atoms with Crippen molar-refractivity contribution in [3.8, 4) is 0 Å². The van der Waals surface area contributed by atoms with Gasteiger partial charge in [0.1, 0.15) is 5.60 Å². The number of carbonyl (C=O) groups is 1. The minimum atomic E-state index is -0.377. The average Bonchev–Trinajstić information content (AvgIpc) is 2.76. The largest absolute Gasteiger partial charge is 0.460 e. The Kier molecular flexibility index (Phi) is 4.13. The maximum Gasteiger partial charge on any atom is 0.309 e. The lowest BCUT2D eigenvalue weighted by molar-refractivity contribution is -0.161. The molecule has 0 amide bonds. The lowest BCUT2D eigenvalue weighted by atomic mass is 9.67. The Morgan fingerprint density at radius 3 is 2.55 bits per heavy atom. The zero-order chi connectivity index (χ0) is 16.0. The molecule has 0 bridgehead atoms. The molecule has 22 heavy (non-hydrogen) atoms. The van der Waals surface area contributed by atoms with Gasteiger partial charge in [0.05, 0.1) is 5.92 Å². The quantitative estimate of drug-likeness (QED) is 0.642. The highest BCUT2D eigenvalue weighted by molar-refractivity contribution is 9.10. The molecule has 0 heterocycles. The number of esters is 1. The van der Waals surface area contributed by atoms with E-state index in [2.05, 4.69) is 34.1 Å². The molecular weight excluding hydrogens is 340 g/mol. The van der Waals surface area contributed by atoms with E-state index in [0.717, 1.165) is 25.7 Å². The summed E-state index contributed by atoms with van der Waals surface area (Å²) in [6.07, 6.45) is 6.57. The first-order chi connectivity index (χ1) is 10.3. The maximum absolute atomic E-state index is 12.3. The second-order valence-corrected chi connectivity index (χ2v) is 8.81. The monoisotopic (exact) mass is 364 g/mol. The molecular formula is C19H25BrO2. The van der Waals surface area contributed by atoms with Gasteiger partial charge in [-0.15, -0.1) is 0 Å². The van der Waals surface area contributed by atoms with Gasteiger partial charge in [-0.2, -0.15) is 0 Å². The summed E-state index contributed by atoms with van der Waals surface area (Å²) >= 11 is 3.57. The Labute approximate surface area is 141 Å². The third-order valence-corrected chi connectivity index (χ3v) is 5.69. The van der Waals surface area contributed by atoms with Crippen LogP contribution in [0.25, 0.3) is 0 Å². The second-order valence-electron chi connectivity index (χ2n) is 7.89. The van der Waals surface area contributed by atoms with Gasteiger partial charge in [0.15, 0.2) is 0 Å². The number of hydrogen-bond acceptors (Lipinski definition) is 2. The van der Waals surface area contributed by atoms with Crippen molar-refractivity contribution >= 4 is 21.9 Å². The molecule has 1 saturated carbocycles. The zero-order valence-electron chi connectivity index (χ0n) is 13.7. The number of benzene rings is 1. The van der Waals surface area contributed by atoms with Gasteiger partial charge >= 0.3 is 5.97 Å². The Hall–Kier alpha value is -0.830. The van der Waals surface area contributed by atoms with Gasteiger partial charge in [0.25, 0.3) is 0 Å². The van der Waals surface area contributed by atoms with Crippen molar-refractivity contribution in [2.45, 2.75) is 70.3 Å². The number of rotatable bonds is 1. The molecule has 3 heteroatoms. The van der Waals surface area contributed by atoms with Crippen LogP contribution in [0.3, 0.4) is 0 Å². The molecule has 0 aliphatic heterocycles. The van der Waals surface area contributed by atoms with Gasteiger partial charge in [-0.25, -0.2) is 0 Å². The first-order valence-electron chi connectivity index (χ1n) is 8.31. The third kappa shape index (κ3) is 3.10. The Bertz CT molecular complexity index is 578. The van der Waals surface area contributed by atoms with Crippen LogP contribution >= 0.6 is 15.9 Å². The fourth-order valence-corrected chi connectivity index (χ4v) is 4.51. The predicted molar refractivity (Wildman–Crippen MR) is 91.9 cm³/mol. The third-order valence-electron chi connectivity index (χ3n) is 5.19. The fraction of sp³-hybridized carbons (Fsp3) is 0.632. The number of hydrogen-bond donors (Lipinski definition) is 0. The number of ether oxygens (including phenoxy) is 1. The highest BCUT2D eigenvalue weighted by Crippen LogP contribution is 2.50. The molecule has 0 radical (unpaired) electrons. The second kappa shape index (κ2) is 5.67. The first kappa shape index (κ1) is 16.0. The van der Waals surface area contributed by atoms with Crippen LogP contribution in [0.1, 0.15) is 64.0 Å². The van der Waals surface area contributed by atoms with E-state index >= 15 is 0 Å². The van der Waals surface area contributed by atoms with Gasteiger partial charge in [0, 0.05) is 4.47 Å². The van der Waals surface area contributed by atoms with E-state index in [-0.39, 0.29) is 17.5 Å². The summed E-state index contributed by atoms with van der Waals surface area (Å²) in [5, 5.41) is 0. The number of halogens is 1. The molecule has 2 aliphatic rings. The number of carbonyl (C=O) groups excluding carboxylic acids is 1. The molecule has 3 rings (SSSR count). The van der Waals surface area contributed by atoms with Crippen molar-refractivity contribution in [1.82, 2.24) is 0 Å². The molecule has 1 aromatic carbocycles. The van der Waals surface area contributed by atoms with E-state index in [9.17, 15) is 4.79 Å². The van der Waals surface area contributed by atoms with Gasteiger partial charge in [0.2, 0.25) is 0 Å². The summed E-state index contributed by atoms with van der Waals surface area (Å²) in [6.45, 7) is 5.83. The number of fused-ring (bicyclic) bond motifs is 2. The molecule has 0 atom stereocenters. The van der Waals surface area contributed by atoms with Crippen LogP contribution in [0.5, 0.6) is 0 Å². The van der Waals surface area contributed by atoms with Gasteiger partial charge in [-0.3, -0.25) is 4.79 Å². The van der Waals surface area contributed by atoms with Crippen molar-refractivity contribution in [3.05, 3.63) is 33.8 Å². The minimum absolute atomic E-state index is 0.00336. The summed E-state index contributed by atoms with van der Waals surface area (Å²) < 4.78 is 6.74. The van der Waals surface area contributed by atoms with E-state index in [0.29, 0.717) is 5.41 Å². The van der Waals surface area contributed by atoms with Crippen molar-refractivity contribution in [3.63, 3.8) is 0 Å². The van der Waals surface area contributed by atoms with Gasteiger partial charge in [-0.05, 0) is 88.0 Å². The molecule has 1 aromatic rings. The van der Waals surface area contributed by atoms with Gasteiger partial charge in [-0.1, -0.05) is 22.0 Å². The molecule has 0 unspecified atom stereocenters. The average molecular weight is 365 g/mol. The highest BCUT2D eigenvalue weighted by atomic mass is 79.9. The fourth-order valence-electron chi connectivity index (χ4n) is 4.11. The molecule has 0 aromatic heterocycles. The zero-order valence-corrected chi connectivity index (χ0v) is 15.3. The van der Waals surface area contributed by atoms with Crippen molar-refractivity contribution in [1.29, 1.82) is 0 Å². The molecule has 2 aliphatic carbocycles. The Balaban J connectivity index is 1.69. The summed E-state index contributed by atoms with van der Waals surface area (Å²) in [5.74, 6) is 0.0840. The van der Waals surface area contributed by atoms with Crippen molar-refractivity contribution in [2.75, 3.05) is 0 Å². The Morgan fingerprint density at radius 2 is 1.91 bits per heavy atom. The van der Waals surface area contributed by atoms with Crippen LogP contribution in [0.2, 0.25) is 0 Å². The molecule has 0 N–H and O–H groups in total. The topological polar surface area (TPSA) is 26.3 Å². The highest BCUT2D eigenvalue weighted by Gasteiger charge is 2.43. The minimum Gasteiger partial charge on any atom is -0.460 e. The summed E-state index contributed by atoms with van der Waals surface area (Å²) in [4.78, 5) is 12.3. The maximum atomic E-state index is 12.3. The van der Waals surface area contributed by atoms with Crippen LogP contribution in [0, 0.1) is 5.92 Å². The number of aryl methyl sites for hydroxylation is 1. The Morgan fingerprint density at radius 1 is 1.23 bits per heavy atom. The summed E-state index contributed by atoms with van der Waals surface area (Å²) in [6, 6.07) is 6.72. The predicted octanol–water partition coefficient (Wildman–Crippen LogP) is 5.17. The molecule has 120 valence electrons. The SMILES string of the molecule is CC(C)(C)OC(=O)[C@H]1CC[C@@]2(CCc3cc(Br)ccc32)CC1. The van der Waals surface area contributed by atoms with Crippen LogP contribution < -0.4 is 0 Å². The van der Waals surface area contributed by atoms with Gasteiger partial charge < -0.3 is 4.74 Å². The van der Waals surface area contributed by atoms with Crippen molar-refractivity contribution in [2.24, 2.45) is 5.92 Å². The standard InChI is InChI=1S/C19H25BrO2/c1-18(2,3)22-17(21)13-6-9-19(10-7-13)11-8-14-12-15(20)4-5-16(14)19/h4-5,12-13H,6-11H2,1-3H3/t13-,19-. The normalized spacial score (nSPS) is 27.7. The van der Waals surface area contributed by atoms with E-state index in [1.165, 1.54) is 28.4 Å². The van der Waals surface area contributed by atoms with Crippen LogP contribution in [0.15, 0.2) is 22.7 Å². The van der Waals surface area contributed by atoms with E-state index in [1.807, 2.05) is 20.8 Å². The molecule has 2 nitrogen and oxygen atoms in total. The first-order valence-corrected chi connectivity index (χ1v) is 9.10. The van der Waals surface area contributed by atoms with E-state index < -0.39 is 0 Å². The summed E-state index contributed by atoms with van der Waals surface area (Å²) in [7, 11) is 0. The van der Waals surface area contributed by atoms with Crippen LogP contribution in [-0.2, 0) is 21.4 Å². The molecule has 0 saturated heterocycles. The molecule has 1 spiro atoms. The lowest BCUT2D eigenvalue weighted by Gasteiger charge is -2.38. The molecule has 1 fully saturated rings. The smallest absolute Gasteiger partial charge is 0.309 e. The summed E-state index contributed by atoms with van der Waals surface area (Å²) in [5.41, 5.74) is 2.95. The van der Waals surface area contributed by atoms with Crippen molar-refractivity contribution < 1.29 is 9.53 Å². The lowest BCUT2D eigenvalue weighted by Crippen LogP contribution is -2.35. The van der Waals surface area contributed by atoms with Crippen LogP contribution in [-0.4, -0.2) is 11.6 Å².